The van der Waals surface area contributed by atoms with Crippen LogP contribution in [0.4, 0.5) is 23.3 Å². The van der Waals surface area contributed by atoms with E-state index in [4.69, 9.17) is 10.5 Å². The summed E-state index contributed by atoms with van der Waals surface area (Å²) in [4.78, 5) is 23.3. The van der Waals surface area contributed by atoms with Crippen molar-refractivity contribution in [3.8, 4) is 0 Å². The molecule has 1 aliphatic rings. The molecule has 128 valence electrons. The van der Waals surface area contributed by atoms with Crippen molar-refractivity contribution in [1.29, 1.82) is 0 Å². The van der Waals surface area contributed by atoms with Crippen LogP contribution in [0.15, 0.2) is 0 Å². The fraction of sp³-hybridized carbons (Fsp3) is 0.714. The van der Waals surface area contributed by atoms with Crippen LogP contribution in [0, 0.1) is 10.1 Å². The first kappa shape index (κ1) is 17.2. The van der Waals surface area contributed by atoms with Crippen LogP contribution < -0.4 is 15.5 Å². The lowest BCUT2D eigenvalue weighted by Crippen LogP contribution is -2.46. The van der Waals surface area contributed by atoms with E-state index < -0.39 is 4.92 Å². The SMILES string of the molecule is CCN(CC)c1nc(N)c([N+](=O)[O-])c(N2CC(C)OC(C)C2)n1. The summed E-state index contributed by atoms with van der Waals surface area (Å²) in [6, 6.07) is 0. The minimum absolute atomic E-state index is 0.0357. The molecule has 0 saturated carbocycles. The van der Waals surface area contributed by atoms with Gasteiger partial charge in [-0.2, -0.15) is 9.97 Å². The minimum atomic E-state index is -0.512. The zero-order chi connectivity index (χ0) is 17.1. The second-order valence-corrected chi connectivity index (χ2v) is 5.67. The summed E-state index contributed by atoms with van der Waals surface area (Å²) in [7, 11) is 0. The lowest BCUT2D eigenvalue weighted by Gasteiger charge is -2.36. The smallest absolute Gasteiger partial charge is 0.353 e. The van der Waals surface area contributed by atoms with Gasteiger partial charge < -0.3 is 20.3 Å². The first-order valence-electron chi connectivity index (χ1n) is 7.84. The molecular weight excluding hydrogens is 300 g/mol. The van der Waals surface area contributed by atoms with Gasteiger partial charge in [0.15, 0.2) is 0 Å². The Hall–Kier alpha value is -2.16. The van der Waals surface area contributed by atoms with Gasteiger partial charge >= 0.3 is 5.69 Å². The first-order chi connectivity index (χ1) is 10.9. The van der Waals surface area contributed by atoms with Crippen LogP contribution in [-0.4, -0.2) is 53.3 Å². The minimum Gasteiger partial charge on any atom is -0.378 e. The van der Waals surface area contributed by atoms with Crippen LogP contribution in [0.1, 0.15) is 27.7 Å². The second kappa shape index (κ2) is 6.95. The molecule has 2 heterocycles. The van der Waals surface area contributed by atoms with Crippen LogP contribution in [0.2, 0.25) is 0 Å². The molecule has 0 bridgehead atoms. The molecule has 23 heavy (non-hydrogen) atoms. The van der Waals surface area contributed by atoms with E-state index in [1.165, 1.54) is 0 Å². The largest absolute Gasteiger partial charge is 0.378 e. The molecule has 0 spiro atoms. The Morgan fingerprint density at radius 3 is 2.35 bits per heavy atom. The molecule has 0 aliphatic carbocycles. The summed E-state index contributed by atoms with van der Waals surface area (Å²) in [5.74, 6) is 0.583. The topological polar surface area (TPSA) is 111 Å². The number of morpholine rings is 1. The molecule has 2 rings (SSSR count). The summed E-state index contributed by atoms with van der Waals surface area (Å²) in [5.41, 5.74) is 5.63. The van der Waals surface area contributed by atoms with E-state index in [9.17, 15) is 10.1 Å². The first-order valence-corrected chi connectivity index (χ1v) is 7.84. The molecule has 9 heteroatoms. The summed E-state index contributed by atoms with van der Waals surface area (Å²) >= 11 is 0. The second-order valence-electron chi connectivity index (χ2n) is 5.67. The Balaban J connectivity index is 2.51. The van der Waals surface area contributed by atoms with Gasteiger partial charge in [-0.3, -0.25) is 10.1 Å². The third-order valence-corrected chi connectivity index (χ3v) is 3.83. The van der Waals surface area contributed by atoms with E-state index in [1.807, 2.05) is 37.5 Å². The molecule has 0 aromatic carbocycles. The van der Waals surface area contributed by atoms with Gasteiger partial charge in [-0.05, 0) is 27.7 Å². The number of ether oxygens (including phenoxy) is 1. The molecule has 1 fully saturated rings. The fourth-order valence-corrected chi connectivity index (χ4v) is 2.84. The number of nitrogens with zero attached hydrogens (tertiary/aromatic N) is 5. The molecular formula is C14H24N6O3. The number of hydrogen-bond donors (Lipinski definition) is 1. The van der Waals surface area contributed by atoms with Crippen LogP contribution >= 0.6 is 0 Å². The van der Waals surface area contributed by atoms with Crippen LogP contribution in [0.5, 0.6) is 0 Å². The van der Waals surface area contributed by atoms with Gasteiger partial charge in [-0.15, -0.1) is 0 Å². The number of rotatable bonds is 5. The van der Waals surface area contributed by atoms with Crippen molar-refractivity contribution in [2.24, 2.45) is 0 Å². The van der Waals surface area contributed by atoms with E-state index in [0.717, 1.165) is 0 Å². The molecule has 1 saturated heterocycles. The number of nitrogens with two attached hydrogens (primary N) is 1. The highest BCUT2D eigenvalue weighted by Crippen LogP contribution is 2.34. The Morgan fingerprint density at radius 1 is 1.30 bits per heavy atom. The maximum Gasteiger partial charge on any atom is 0.353 e. The lowest BCUT2D eigenvalue weighted by molar-refractivity contribution is -0.383. The zero-order valence-corrected chi connectivity index (χ0v) is 14.0. The van der Waals surface area contributed by atoms with Gasteiger partial charge in [0.05, 0.1) is 17.1 Å². The third-order valence-electron chi connectivity index (χ3n) is 3.83. The van der Waals surface area contributed by atoms with Crippen molar-refractivity contribution in [2.45, 2.75) is 39.9 Å². The zero-order valence-electron chi connectivity index (χ0n) is 14.0. The quantitative estimate of drug-likeness (QED) is 0.639. The molecule has 9 nitrogen and oxygen atoms in total. The molecule has 2 N–H and O–H groups in total. The molecule has 1 aromatic rings. The summed E-state index contributed by atoms with van der Waals surface area (Å²) in [6.45, 7) is 10.3. The number of nitro groups is 1. The highest BCUT2D eigenvalue weighted by molar-refractivity contribution is 5.71. The number of anilines is 3. The third kappa shape index (κ3) is 3.61. The van der Waals surface area contributed by atoms with Gasteiger partial charge in [0.1, 0.15) is 0 Å². The Labute approximate surface area is 135 Å². The lowest BCUT2D eigenvalue weighted by atomic mass is 10.2. The normalized spacial score (nSPS) is 21.3. The molecule has 1 aliphatic heterocycles. The maximum atomic E-state index is 11.4. The highest BCUT2D eigenvalue weighted by atomic mass is 16.6. The molecule has 0 radical (unpaired) electrons. The van der Waals surface area contributed by atoms with E-state index in [2.05, 4.69) is 9.97 Å². The maximum absolute atomic E-state index is 11.4. The Bertz CT molecular complexity index is 568. The monoisotopic (exact) mass is 324 g/mol. The van der Waals surface area contributed by atoms with E-state index in [-0.39, 0.29) is 29.5 Å². The van der Waals surface area contributed by atoms with E-state index in [0.29, 0.717) is 32.1 Å². The fourth-order valence-electron chi connectivity index (χ4n) is 2.84. The van der Waals surface area contributed by atoms with Crippen molar-refractivity contribution in [2.75, 3.05) is 41.7 Å². The van der Waals surface area contributed by atoms with Crippen molar-refractivity contribution in [1.82, 2.24) is 9.97 Å². The van der Waals surface area contributed by atoms with Gasteiger partial charge in [0, 0.05) is 26.2 Å². The molecule has 1 aromatic heterocycles. The number of aromatic nitrogens is 2. The average molecular weight is 324 g/mol. The van der Waals surface area contributed by atoms with Crippen LogP contribution in [0.25, 0.3) is 0 Å². The predicted molar refractivity (Wildman–Crippen MR) is 88.9 cm³/mol. The van der Waals surface area contributed by atoms with Gasteiger partial charge in [-0.25, -0.2) is 0 Å². The summed E-state index contributed by atoms with van der Waals surface area (Å²) in [6.07, 6.45) is -0.0714. The van der Waals surface area contributed by atoms with E-state index in [1.54, 1.807) is 0 Å². The van der Waals surface area contributed by atoms with Gasteiger partial charge in [-0.1, -0.05) is 0 Å². The molecule has 2 unspecified atom stereocenters. The number of hydrogen-bond acceptors (Lipinski definition) is 8. The number of nitrogen functional groups attached to an aromatic ring is 1. The van der Waals surface area contributed by atoms with Crippen LogP contribution in [0.3, 0.4) is 0 Å². The van der Waals surface area contributed by atoms with E-state index >= 15 is 0 Å². The van der Waals surface area contributed by atoms with Crippen molar-refractivity contribution >= 4 is 23.3 Å². The van der Waals surface area contributed by atoms with Crippen molar-refractivity contribution < 1.29 is 9.66 Å². The summed E-state index contributed by atoms with van der Waals surface area (Å²) < 4.78 is 5.69. The standard InChI is InChI=1S/C14H24N6O3/c1-5-18(6-2)14-16-12(15)11(20(21)22)13(17-14)19-7-9(3)23-10(4)8-19/h9-10H,5-8H2,1-4H3,(H2,15,16,17). The molecule has 0 amide bonds. The van der Waals surface area contributed by atoms with Crippen LogP contribution in [-0.2, 0) is 4.74 Å². The summed E-state index contributed by atoms with van der Waals surface area (Å²) in [5, 5.41) is 11.4. The average Bonchev–Trinajstić information content (AvgIpc) is 2.46. The predicted octanol–water partition coefficient (Wildman–Crippen LogP) is 1.43. The Morgan fingerprint density at radius 2 is 1.87 bits per heavy atom. The van der Waals surface area contributed by atoms with Gasteiger partial charge in [0.2, 0.25) is 17.6 Å². The Kier molecular flexibility index (Phi) is 5.19. The van der Waals surface area contributed by atoms with Gasteiger partial charge in [0.25, 0.3) is 0 Å². The van der Waals surface area contributed by atoms with Crippen molar-refractivity contribution in [3.05, 3.63) is 10.1 Å². The molecule has 2 atom stereocenters. The van der Waals surface area contributed by atoms with Crippen molar-refractivity contribution in [3.63, 3.8) is 0 Å². The highest BCUT2D eigenvalue weighted by Gasteiger charge is 2.32.